The van der Waals surface area contributed by atoms with E-state index in [2.05, 4.69) is 31.4 Å². The van der Waals surface area contributed by atoms with Gasteiger partial charge in [-0.25, -0.2) is 0 Å². The molecule has 36 heavy (non-hydrogen) atoms. The number of nitrogens with zero attached hydrogens (tertiary/aromatic N) is 1. The molecule has 0 aromatic heterocycles. The minimum Gasteiger partial charge on any atom is -0.359 e. The standard InChI is InChI=1S/C29H39N3O4/c1-17(2)13-15-32-25(27(34)31-21-11-6-5-9-19(21)4)29-14-12-22(36-29)23(24(29)28(32)35)26(33)30-20-10-7-8-18(3)16-20/h7-8,10,12,14,16-17,19,21-25H,5-6,9,11,13,15H2,1-4H3,(H,30,33)(H,31,34)/t19-,21-,22+,23-,24+,25+,29+/m0/s1. The second kappa shape index (κ2) is 9.66. The van der Waals surface area contributed by atoms with Crippen LogP contribution in [0.15, 0.2) is 36.4 Å². The normalized spacial score (nSPS) is 34.8. The number of hydrogen-bond donors (Lipinski definition) is 2. The molecule has 1 aromatic rings. The van der Waals surface area contributed by atoms with Gasteiger partial charge in [0.1, 0.15) is 11.6 Å². The van der Waals surface area contributed by atoms with Gasteiger partial charge >= 0.3 is 0 Å². The molecule has 1 aliphatic carbocycles. The quantitative estimate of drug-likeness (QED) is 0.565. The Kier molecular flexibility index (Phi) is 6.70. The highest BCUT2D eigenvalue weighted by Crippen LogP contribution is 2.55. The van der Waals surface area contributed by atoms with E-state index in [9.17, 15) is 14.4 Å². The molecule has 2 saturated heterocycles. The SMILES string of the molecule is Cc1cccc(NC(=O)[C@H]2[C@H]3C=C[C@@]4(O3)[C@H]2C(=O)N(CCC(C)C)[C@@H]4C(=O)N[C@H]2CCCC[C@@H]2C)c1. The molecule has 5 rings (SSSR count). The van der Waals surface area contributed by atoms with Crippen molar-refractivity contribution in [3.8, 4) is 0 Å². The first kappa shape index (κ1) is 25.0. The Morgan fingerprint density at radius 3 is 2.69 bits per heavy atom. The molecule has 3 aliphatic heterocycles. The summed E-state index contributed by atoms with van der Waals surface area (Å²) in [6.07, 6.45) is 8.37. The van der Waals surface area contributed by atoms with Crippen molar-refractivity contribution >= 4 is 23.4 Å². The predicted molar refractivity (Wildman–Crippen MR) is 138 cm³/mol. The second-order valence-corrected chi connectivity index (χ2v) is 11.7. The number of aryl methyl sites for hydroxylation is 1. The molecule has 1 spiro atoms. The van der Waals surface area contributed by atoms with Crippen LogP contribution in [0.25, 0.3) is 0 Å². The summed E-state index contributed by atoms with van der Waals surface area (Å²) in [5.41, 5.74) is 0.636. The largest absolute Gasteiger partial charge is 0.359 e. The van der Waals surface area contributed by atoms with Crippen LogP contribution < -0.4 is 10.6 Å². The highest BCUT2D eigenvalue weighted by molar-refractivity contribution is 6.02. The predicted octanol–water partition coefficient (Wildman–Crippen LogP) is 3.83. The van der Waals surface area contributed by atoms with Crippen molar-refractivity contribution in [2.45, 2.75) is 83.6 Å². The molecule has 194 valence electrons. The fourth-order valence-electron chi connectivity index (χ4n) is 6.65. The van der Waals surface area contributed by atoms with E-state index in [4.69, 9.17) is 4.74 Å². The molecule has 7 atom stereocenters. The van der Waals surface area contributed by atoms with E-state index in [1.54, 1.807) is 4.90 Å². The van der Waals surface area contributed by atoms with E-state index in [1.807, 2.05) is 43.3 Å². The number of likely N-dealkylation sites (tertiary alicyclic amines) is 1. The number of ether oxygens (including phenoxy) is 1. The van der Waals surface area contributed by atoms with Crippen LogP contribution in [0.1, 0.15) is 58.4 Å². The molecule has 0 radical (unpaired) electrons. The Balaban J connectivity index is 1.43. The van der Waals surface area contributed by atoms with Crippen molar-refractivity contribution in [2.75, 3.05) is 11.9 Å². The monoisotopic (exact) mass is 493 g/mol. The number of benzene rings is 1. The van der Waals surface area contributed by atoms with Gasteiger partial charge in [-0.1, -0.05) is 57.9 Å². The lowest BCUT2D eigenvalue weighted by Crippen LogP contribution is -2.57. The highest BCUT2D eigenvalue weighted by Gasteiger charge is 2.72. The van der Waals surface area contributed by atoms with Crippen LogP contribution in [-0.4, -0.2) is 53.0 Å². The Morgan fingerprint density at radius 2 is 1.97 bits per heavy atom. The number of hydrogen-bond acceptors (Lipinski definition) is 4. The molecule has 2 N–H and O–H groups in total. The third-order valence-corrected chi connectivity index (χ3v) is 8.60. The van der Waals surface area contributed by atoms with Gasteiger partial charge in [0, 0.05) is 18.3 Å². The minimum absolute atomic E-state index is 0.103. The van der Waals surface area contributed by atoms with Crippen molar-refractivity contribution in [1.29, 1.82) is 0 Å². The van der Waals surface area contributed by atoms with Gasteiger partial charge in [0.05, 0.1) is 17.9 Å². The number of carbonyl (C=O) groups excluding carboxylic acids is 3. The van der Waals surface area contributed by atoms with Crippen molar-refractivity contribution < 1.29 is 19.1 Å². The Labute approximate surface area is 214 Å². The van der Waals surface area contributed by atoms with E-state index in [-0.39, 0.29) is 23.8 Å². The van der Waals surface area contributed by atoms with Gasteiger partial charge in [0.25, 0.3) is 0 Å². The average Bonchev–Trinajstić information content (AvgIpc) is 3.46. The molecular formula is C29H39N3O4. The Hall–Kier alpha value is -2.67. The van der Waals surface area contributed by atoms with Gasteiger partial charge in [0.2, 0.25) is 17.7 Å². The molecular weight excluding hydrogens is 454 g/mol. The number of amides is 3. The zero-order valence-electron chi connectivity index (χ0n) is 21.8. The molecule has 7 nitrogen and oxygen atoms in total. The maximum Gasteiger partial charge on any atom is 0.246 e. The minimum atomic E-state index is -1.10. The first-order valence-electron chi connectivity index (χ1n) is 13.6. The number of fused-ring (bicyclic) bond motifs is 1. The van der Waals surface area contributed by atoms with E-state index >= 15 is 0 Å². The molecule has 0 unspecified atom stereocenters. The van der Waals surface area contributed by atoms with Gasteiger partial charge < -0.3 is 20.3 Å². The number of anilines is 1. The Morgan fingerprint density at radius 1 is 1.19 bits per heavy atom. The van der Waals surface area contributed by atoms with Gasteiger partial charge in [-0.3, -0.25) is 14.4 Å². The van der Waals surface area contributed by atoms with Crippen LogP contribution in [0.4, 0.5) is 5.69 Å². The summed E-state index contributed by atoms with van der Waals surface area (Å²) in [6, 6.07) is 6.96. The van der Waals surface area contributed by atoms with Crippen molar-refractivity contribution in [1.82, 2.24) is 10.2 Å². The lowest BCUT2D eigenvalue weighted by molar-refractivity contribution is -0.141. The van der Waals surface area contributed by atoms with Crippen LogP contribution >= 0.6 is 0 Å². The maximum atomic E-state index is 13.9. The summed E-state index contributed by atoms with van der Waals surface area (Å²) in [6.45, 7) is 8.85. The molecule has 3 heterocycles. The van der Waals surface area contributed by atoms with E-state index in [0.29, 0.717) is 24.1 Å². The van der Waals surface area contributed by atoms with Crippen molar-refractivity contribution in [2.24, 2.45) is 23.7 Å². The zero-order chi connectivity index (χ0) is 25.6. The van der Waals surface area contributed by atoms with E-state index < -0.39 is 29.6 Å². The van der Waals surface area contributed by atoms with Gasteiger partial charge in [-0.05, 0) is 55.7 Å². The smallest absolute Gasteiger partial charge is 0.246 e. The van der Waals surface area contributed by atoms with Crippen LogP contribution in [0, 0.1) is 30.6 Å². The van der Waals surface area contributed by atoms with Gasteiger partial charge in [-0.15, -0.1) is 0 Å². The number of carbonyl (C=O) groups is 3. The molecule has 4 aliphatic rings. The fourth-order valence-corrected chi connectivity index (χ4v) is 6.65. The van der Waals surface area contributed by atoms with Gasteiger partial charge in [-0.2, -0.15) is 0 Å². The topological polar surface area (TPSA) is 87.7 Å². The summed E-state index contributed by atoms with van der Waals surface area (Å²) < 4.78 is 6.44. The molecule has 2 bridgehead atoms. The molecule has 3 amide bonds. The fraction of sp³-hybridized carbons (Fsp3) is 0.621. The lowest BCUT2D eigenvalue weighted by atomic mass is 9.74. The first-order valence-corrected chi connectivity index (χ1v) is 13.6. The van der Waals surface area contributed by atoms with Crippen LogP contribution in [0.5, 0.6) is 0 Å². The first-order chi connectivity index (χ1) is 17.2. The van der Waals surface area contributed by atoms with Crippen LogP contribution in [0.3, 0.4) is 0 Å². The van der Waals surface area contributed by atoms with Crippen LogP contribution in [0.2, 0.25) is 0 Å². The van der Waals surface area contributed by atoms with Crippen LogP contribution in [-0.2, 0) is 19.1 Å². The van der Waals surface area contributed by atoms with Crippen molar-refractivity contribution in [3.05, 3.63) is 42.0 Å². The third kappa shape index (κ3) is 4.25. The van der Waals surface area contributed by atoms with Gasteiger partial charge in [0.15, 0.2) is 0 Å². The Bertz CT molecular complexity index is 1070. The molecule has 3 fully saturated rings. The maximum absolute atomic E-state index is 13.9. The van der Waals surface area contributed by atoms with E-state index in [1.165, 1.54) is 6.42 Å². The summed E-state index contributed by atoms with van der Waals surface area (Å²) in [5.74, 6) is -1.13. The highest BCUT2D eigenvalue weighted by atomic mass is 16.5. The molecule has 7 heteroatoms. The summed E-state index contributed by atoms with van der Waals surface area (Å²) >= 11 is 0. The number of nitrogens with one attached hydrogen (secondary N) is 2. The summed E-state index contributed by atoms with van der Waals surface area (Å²) in [4.78, 5) is 43.0. The summed E-state index contributed by atoms with van der Waals surface area (Å²) in [7, 11) is 0. The molecule has 1 saturated carbocycles. The zero-order valence-corrected chi connectivity index (χ0v) is 21.8. The average molecular weight is 494 g/mol. The molecule has 1 aromatic carbocycles. The third-order valence-electron chi connectivity index (χ3n) is 8.60. The van der Waals surface area contributed by atoms with Crippen molar-refractivity contribution in [3.63, 3.8) is 0 Å². The van der Waals surface area contributed by atoms with E-state index in [0.717, 1.165) is 31.2 Å². The number of rotatable bonds is 7. The second-order valence-electron chi connectivity index (χ2n) is 11.7. The summed E-state index contributed by atoms with van der Waals surface area (Å²) in [5, 5.41) is 6.28. The lowest BCUT2D eigenvalue weighted by Gasteiger charge is -2.36.